The fourth-order valence-electron chi connectivity index (χ4n) is 10.8. The molecule has 0 unspecified atom stereocenters. The molecule has 5 aromatic carbocycles. The van der Waals surface area contributed by atoms with Crippen molar-refractivity contribution in [2.45, 2.75) is 37.5 Å². The Kier molecular flexibility index (Phi) is 6.33. The van der Waals surface area contributed by atoms with E-state index in [0.29, 0.717) is 23.5 Å². The minimum atomic E-state index is -0.0314. The van der Waals surface area contributed by atoms with E-state index in [1.165, 1.54) is 83.4 Å². The van der Waals surface area contributed by atoms with Gasteiger partial charge in [-0.05, 0) is 103 Å². The first kappa shape index (κ1) is 29.0. The first-order valence-electron chi connectivity index (χ1n) is 18.3. The molecule has 4 saturated carbocycles. The number of benzene rings is 5. The summed E-state index contributed by atoms with van der Waals surface area (Å²) in [6.07, 6.45) is 9.75. The molecule has 4 aliphatic carbocycles. The number of hydrogen-bond acceptors (Lipinski definition) is 5. The predicted molar refractivity (Wildman–Crippen MR) is 202 cm³/mol. The second kappa shape index (κ2) is 11.1. The second-order valence-corrected chi connectivity index (χ2v) is 15.0. The summed E-state index contributed by atoms with van der Waals surface area (Å²) in [5.74, 6) is 4.23. The molecule has 4 bridgehead atoms. The maximum Gasteiger partial charge on any atom is 0.181 e. The summed E-state index contributed by atoms with van der Waals surface area (Å²) in [6.45, 7) is 0. The van der Waals surface area contributed by atoms with Crippen LogP contribution >= 0.6 is 0 Å². The zero-order valence-corrected chi connectivity index (χ0v) is 28.2. The van der Waals surface area contributed by atoms with E-state index < -0.39 is 0 Å². The molecule has 0 N–H and O–H groups in total. The molecule has 6 heteroatoms. The monoisotopic (exact) mass is 660 g/mol. The molecule has 8 aromatic rings. The number of para-hydroxylation sites is 3. The predicted octanol–water partition coefficient (Wildman–Crippen LogP) is 9.99. The van der Waals surface area contributed by atoms with E-state index in [1.807, 2.05) is 24.3 Å². The molecule has 0 atom stereocenters. The molecule has 0 aliphatic heterocycles. The van der Waals surface area contributed by atoms with Crippen LogP contribution in [0, 0.1) is 23.7 Å². The third-order valence-corrected chi connectivity index (χ3v) is 12.5. The van der Waals surface area contributed by atoms with Gasteiger partial charge in [-0.3, -0.25) is 0 Å². The average molecular weight is 661 g/mol. The van der Waals surface area contributed by atoms with Gasteiger partial charge in [-0.1, -0.05) is 84.9 Å². The molecule has 0 spiro atoms. The van der Waals surface area contributed by atoms with E-state index in [0.717, 1.165) is 34.0 Å². The van der Waals surface area contributed by atoms with Gasteiger partial charge in [0.1, 0.15) is 18.3 Å². The molecular formula is C45H36N6. The fourth-order valence-corrected chi connectivity index (χ4v) is 10.8. The summed E-state index contributed by atoms with van der Waals surface area (Å²) >= 11 is 0. The highest BCUT2D eigenvalue weighted by Gasteiger charge is 2.58. The lowest BCUT2D eigenvalue weighted by molar-refractivity contribution is -0.0417. The van der Waals surface area contributed by atoms with E-state index in [2.05, 4.69) is 117 Å². The summed E-state index contributed by atoms with van der Waals surface area (Å²) < 4.78 is 2.43. The van der Waals surface area contributed by atoms with Crippen molar-refractivity contribution in [2.24, 2.45) is 23.7 Å². The molecule has 51 heavy (non-hydrogen) atoms. The Morgan fingerprint density at radius 1 is 0.529 bits per heavy atom. The fraction of sp³-hybridized carbons (Fsp3) is 0.222. The van der Waals surface area contributed by atoms with Crippen molar-refractivity contribution in [2.75, 3.05) is 0 Å². The van der Waals surface area contributed by atoms with Crippen molar-refractivity contribution >= 4 is 32.7 Å². The molecule has 6 nitrogen and oxygen atoms in total. The highest BCUT2D eigenvalue weighted by Crippen LogP contribution is 2.65. The highest BCUT2D eigenvalue weighted by atomic mass is 15.0. The van der Waals surface area contributed by atoms with Crippen LogP contribution in [0.4, 0.5) is 0 Å². The molecule has 4 aliphatic rings. The van der Waals surface area contributed by atoms with Crippen LogP contribution < -0.4 is 0 Å². The van der Waals surface area contributed by atoms with Gasteiger partial charge in [0.15, 0.2) is 11.6 Å². The largest absolute Gasteiger partial charge is 0.309 e. The minimum absolute atomic E-state index is 0.0314. The van der Waals surface area contributed by atoms with Crippen LogP contribution in [0.3, 0.4) is 0 Å². The summed E-state index contributed by atoms with van der Waals surface area (Å²) in [5, 5.41) is 3.59. The summed E-state index contributed by atoms with van der Waals surface area (Å²) in [5.41, 5.74) is 9.21. The van der Waals surface area contributed by atoms with E-state index in [9.17, 15) is 0 Å². The molecule has 12 rings (SSSR count). The van der Waals surface area contributed by atoms with E-state index in [4.69, 9.17) is 9.97 Å². The van der Waals surface area contributed by atoms with Gasteiger partial charge in [0.05, 0.1) is 16.6 Å². The number of aromatic nitrogens is 6. The highest BCUT2D eigenvalue weighted by molar-refractivity contribution is 6.09. The first-order chi connectivity index (χ1) is 25.2. The molecule has 3 heterocycles. The summed E-state index contributed by atoms with van der Waals surface area (Å²) in [6, 6.07) is 44.6. The van der Waals surface area contributed by atoms with Crippen LogP contribution in [-0.2, 0) is 5.41 Å². The Labute approximate surface area is 296 Å². The van der Waals surface area contributed by atoms with Crippen LogP contribution in [0.2, 0.25) is 0 Å². The van der Waals surface area contributed by atoms with Gasteiger partial charge in [0, 0.05) is 32.8 Å². The SMILES string of the molecule is c1ccc(-n2c3ccccc3c3cc(C4(c5ccc(-c6nc(-c7ncncn7)c7ccccc7n6)cc5)C5CC6CC(C5)CC4C6)ccc32)cc1. The van der Waals surface area contributed by atoms with Gasteiger partial charge in [-0.2, -0.15) is 0 Å². The molecule has 3 aromatic heterocycles. The Hall–Kier alpha value is -5.75. The average Bonchev–Trinajstić information content (AvgIpc) is 3.52. The zero-order chi connectivity index (χ0) is 33.5. The van der Waals surface area contributed by atoms with Gasteiger partial charge in [-0.25, -0.2) is 24.9 Å². The lowest BCUT2D eigenvalue weighted by Crippen LogP contribution is -2.56. The number of rotatable bonds is 5. The standard InChI is InChI=1S/C45H36N6/c1-2-8-35(9-3-1)51-40-13-7-5-10-36(40)38-25-32(18-19-41(38)51)45(33-21-28-20-29(23-33)24-34(45)22-28)31-16-14-30(15-17-31)43-49-39-12-6-4-11-37(39)42(50-43)44-47-26-46-27-48-44/h1-19,25-29,33-34H,20-24H2. The Bertz CT molecular complexity index is 2560. The van der Waals surface area contributed by atoms with Crippen LogP contribution in [0.15, 0.2) is 134 Å². The van der Waals surface area contributed by atoms with E-state index >= 15 is 0 Å². The van der Waals surface area contributed by atoms with Gasteiger partial charge >= 0.3 is 0 Å². The third-order valence-electron chi connectivity index (χ3n) is 12.5. The van der Waals surface area contributed by atoms with Gasteiger partial charge < -0.3 is 4.57 Å². The summed E-state index contributed by atoms with van der Waals surface area (Å²) in [7, 11) is 0. The molecular weight excluding hydrogens is 625 g/mol. The normalized spacial score (nSPS) is 23.8. The molecule has 0 amide bonds. The zero-order valence-electron chi connectivity index (χ0n) is 28.2. The van der Waals surface area contributed by atoms with Crippen molar-refractivity contribution in [3.8, 4) is 28.6 Å². The summed E-state index contributed by atoms with van der Waals surface area (Å²) in [4.78, 5) is 23.0. The van der Waals surface area contributed by atoms with Gasteiger partial charge in [0.2, 0.25) is 0 Å². The molecule has 0 saturated heterocycles. The smallest absolute Gasteiger partial charge is 0.181 e. The lowest BCUT2D eigenvalue weighted by atomic mass is 9.42. The molecule has 246 valence electrons. The Morgan fingerprint density at radius 2 is 1.18 bits per heavy atom. The quantitative estimate of drug-likeness (QED) is 0.184. The van der Waals surface area contributed by atoms with Gasteiger partial charge in [-0.15, -0.1) is 0 Å². The van der Waals surface area contributed by atoms with Crippen molar-refractivity contribution < 1.29 is 0 Å². The van der Waals surface area contributed by atoms with E-state index in [-0.39, 0.29) is 5.41 Å². The number of hydrogen-bond donors (Lipinski definition) is 0. The van der Waals surface area contributed by atoms with Crippen LogP contribution in [0.25, 0.3) is 61.3 Å². The maximum atomic E-state index is 5.06. The van der Waals surface area contributed by atoms with Crippen molar-refractivity contribution in [3.63, 3.8) is 0 Å². The minimum Gasteiger partial charge on any atom is -0.309 e. The van der Waals surface area contributed by atoms with Crippen molar-refractivity contribution in [1.82, 2.24) is 29.5 Å². The number of nitrogens with zero attached hydrogens (tertiary/aromatic N) is 6. The van der Waals surface area contributed by atoms with Crippen LogP contribution in [0.5, 0.6) is 0 Å². The Morgan fingerprint density at radius 3 is 1.94 bits per heavy atom. The lowest BCUT2D eigenvalue weighted by Gasteiger charge is -2.62. The van der Waals surface area contributed by atoms with Crippen molar-refractivity contribution in [3.05, 3.63) is 145 Å². The Balaban J connectivity index is 1.08. The second-order valence-electron chi connectivity index (χ2n) is 15.0. The molecule has 0 radical (unpaired) electrons. The molecule has 4 fully saturated rings. The first-order valence-corrected chi connectivity index (χ1v) is 18.3. The number of fused-ring (bicyclic) bond motifs is 4. The van der Waals surface area contributed by atoms with Crippen molar-refractivity contribution in [1.29, 1.82) is 0 Å². The van der Waals surface area contributed by atoms with Gasteiger partial charge in [0.25, 0.3) is 0 Å². The third kappa shape index (κ3) is 4.32. The van der Waals surface area contributed by atoms with Crippen LogP contribution in [0.1, 0.15) is 43.2 Å². The topological polar surface area (TPSA) is 69.4 Å². The van der Waals surface area contributed by atoms with Crippen LogP contribution in [-0.4, -0.2) is 29.5 Å². The van der Waals surface area contributed by atoms with E-state index in [1.54, 1.807) is 0 Å². The maximum absolute atomic E-state index is 5.06.